The minimum Gasteiger partial charge on any atom is -0.472 e. The van der Waals surface area contributed by atoms with Crippen molar-refractivity contribution in [2.45, 2.75) is 70.6 Å². The van der Waals surface area contributed by atoms with Gasteiger partial charge < -0.3 is 34.2 Å². The highest BCUT2D eigenvalue weighted by Crippen LogP contribution is 2.28. The predicted octanol–water partition coefficient (Wildman–Crippen LogP) is 3.61. The number of ether oxygens (including phenoxy) is 2. The van der Waals surface area contributed by atoms with E-state index in [1.165, 1.54) is 12.0 Å². The Morgan fingerprint density at radius 1 is 1.20 bits per heavy atom. The van der Waals surface area contributed by atoms with Crippen molar-refractivity contribution in [2.24, 2.45) is 5.92 Å². The summed E-state index contributed by atoms with van der Waals surface area (Å²) in [5, 5.41) is 17.3. The molecular formula is C32H41N5O7S. The van der Waals surface area contributed by atoms with E-state index in [0.29, 0.717) is 57.0 Å². The molecule has 0 bridgehead atoms. The van der Waals surface area contributed by atoms with Gasteiger partial charge in [-0.2, -0.15) is 0 Å². The first-order valence-corrected chi connectivity index (χ1v) is 16.3. The second-order valence-corrected chi connectivity index (χ2v) is 12.7. The van der Waals surface area contributed by atoms with Gasteiger partial charge >= 0.3 is 6.09 Å². The van der Waals surface area contributed by atoms with Crippen LogP contribution >= 0.6 is 11.3 Å². The number of piperidine rings is 1. The minimum absolute atomic E-state index is 0.0772. The van der Waals surface area contributed by atoms with Crippen LogP contribution in [0.2, 0.25) is 0 Å². The predicted molar refractivity (Wildman–Crippen MR) is 167 cm³/mol. The second kappa shape index (κ2) is 14.9. The zero-order chi connectivity index (χ0) is 31.9. The van der Waals surface area contributed by atoms with Gasteiger partial charge in [0.25, 0.3) is 5.88 Å². The lowest BCUT2D eigenvalue weighted by molar-refractivity contribution is -0.139. The lowest BCUT2D eigenvalue weighted by Crippen LogP contribution is -2.46. The first-order chi connectivity index (χ1) is 21.7. The van der Waals surface area contributed by atoms with E-state index in [1.54, 1.807) is 22.3 Å². The van der Waals surface area contributed by atoms with Crippen LogP contribution in [0.5, 0.6) is 5.88 Å². The van der Waals surface area contributed by atoms with Gasteiger partial charge in [-0.05, 0) is 35.5 Å². The van der Waals surface area contributed by atoms with Crippen molar-refractivity contribution in [3.05, 3.63) is 52.9 Å². The molecule has 2 aromatic heterocycles. The van der Waals surface area contributed by atoms with E-state index in [4.69, 9.17) is 14.0 Å². The number of aliphatic hydroxyl groups excluding tert-OH is 1. The monoisotopic (exact) mass is 639 g/mol. The number of rotatable bonds is 11. The Kier molecular flexibility index (Phi) is 10.7. The molecule has 2 aliphatic heterocycles. The number of hydrogen-bond acceptors (Lipinski definition) is 10. The standard InChI is InChI=1S/C32H41N5O7S/c1-20(14-26-17-28(35-44-26)43-25-9-12-36(13-10-25)32(41)42-3)15-29(39)37-18-24(38)16-27(37)31(40)33-11-8-22-4-6-23(7-5-22)30-21(2)34-19-45-30/h4-7,17,19-20,24-25,27,38H,8-16,18H2,1-3H3,(H,33,40)/t20?,24-,27+/m1/s1. The molecule has 0 saturated carbocycles. The summed E-state index contributed by atoms with van der Waals surface area (Å²) in [4.78, 5) is 46.6. The zero-order valence-corrected chi connectivity index (χ0v) is 26.8. The van der Waals surface area contributed by atoms with Crippen molar-refractivity contribution in [1.82, 2.24) is 25.3 Å². The van der Waals surface area contributed by atoms with E-state index >= 15 is 0 Å². The summed E-state index contributed by atoms with van der Waals surface area (Å²) in [5.41, 5.74) is 5.07. The van der Waals surface area contributed by atoms with Crippen LogP contribution in [0.3, 0.4) is 0 Å². The lowest BCUT2D eigenvalue weighted by atomic mass is 10.0. The van der Waals surface area contributed by atoms with Gasteiger partial charge in [0.05, 0.1) is 29.3 Å². The highest BCUT2D eigenvalue weighted by Gasteiger charge is 2.39. The van der Waals surface area contributed by atoms with Crippen molar-refractivity contribution in [3.8, 4) is 16.3 Å². The summed E-state index contributed by atoms with van der Waals surface area (Å²) in [7, 11) is 1.37. The molecule has 5 rings (SSSR count). The summed E-state index contributed by atoms with van der Waals surface area (Å²) in [6, 6.07) is 9.27. The van der Waals surface area contributed by atoms with Gasteiger partial charge in [0.2, 0.25) is 11.8 Å². The van der Waals surface area contributed by atoms with Crippen LogP contribution in [0, 0.1) is 12.8 Å². The number of methoxy groups -OCH3 is 1. The third-order valence-electron chi connectivity index (χ3n) is 8.35. The topological polar surface area (TPSA) is 147 Å². The molecule has 3 atom stereocenters. The van der Waals surface area contributed by atoms with Crippen LogP contribution in [-0.4, -0.2) is 94.5 Å². The Hall–Kier alpha value is -3.97. The number of amides is 3. The number of aliphatic hydroxyl groups is 1. The highest BCUT2D eigenvalue weighted by molar-refractivity contribution is 7.13. The molecule has 2 fully saturated rings. The molecule has 13 heteroatoms. The number of carbonyl (C=O) groups excluding carboxylic acids is 3. The number of nitrogens with one attached hydrogen (secondary N) is 1. The molecule has 0 aliphatic carbocycles. The van der Waals surface area contributed by atoms with Gasteiger partial charge in [0, 0.05) is 64.3 Å². The first-order valence-electron chi connectivity index (χ1n) is 15.4. The molecule has 3 aromatic rings. The fourth-order valence-corrected chi connectivity index (χ4v) is 6.73. The normalized spacial score (nSPS) is 19.4. The number of aryl methyl sites for hydroxylation is 1. The van der Waals surface area contributed by atoms with E-state index in [-0.39, 0.29) is 49.3 Å². The summed E-state index contributed by atoms with van der Waals surface area (Å²) < 4.78 is 16.2. The number of likely N-dealkylation sites (tertiary alicyclic amines) is 2. The van der Waals surface area contributed by atoms with Gasteiger partial charge in [-0.25, -0.2) is 9.78 Å². The zero-order valence-electron chi connectivity index (χ0n) is 25.9. The van der Waals surface area contributed by atoms with Crippen LogP contribution in [0.4, 0.5) is 4.79 Å². The maximum absolute atomic E-state index is 13.2. The summed E-state index contributed by atoms with van der Waals surface area (Å²) in [5.74, 6) is 0.466. The molecule has 12 nitrogen and oxygen atoms in total. The van der Waals surface area contributed by atoms with Crippen LogP contribution in [0.15, 0.2) is 40.4 Å². The first kappa shape index (κ1) is 32.4. The third kappa shape index (κ3) is 8.40. The minimum atomic E-state index is -0.740. The molecule has 242 valence electrons. The SMILES string of the molecule is COC(=O)N1CCC(Oc2cc(CC(C)CC(=O)N3C[C@H](O)C[C@H]3C(=O)NCCc3ccc(-c4scnc4C)cc3)on2)CC1. The van der Waals surface area contributed by atoms with Crippen LogP contribution in [0.1, 0.15) is 49.6 Å². The Bertz CT molecular complexity index is 1450. The smallest absolute Gasteiger partial charge is 0.409 e. The molecule has 0 spiro atoms. The number of nitrogens with zero attached hydrogens (tertiary/aromatic N) is 4. The lowest BCUT2D eigenvalue weighted by Gasteiger charge is -2.30. The van der Waals surface area contributed by atoms with Crippen molar-refractivity contribution < 1.29 is 33.5 Å². The van der Waals surface area contributed by atoms with Crippen molar-refractivity contribution in [1.29, 1.82) is 0 Å². The number of hydrogen-bond donors (Lipinski definition) is 2. The van der Waals surface area contributed by atoms with E-state index in [9.17, 15) is 19.5 Å². The van der Waals surface area contributed by atoms with Crippen LogP contribution in [0.25, 0.3) is 10.4 Å². The van der Waals surface area contributed by atoms with Gasteiger partial charge in [-0.15, -0.1) is 11.3 Å². The number of thiazole rings is 1. The summed E-state index contributed by atoms with van der Waals surface area (Å²) in [6.07, 6.45) is 1.72. The number of β-amino-alcohol motifs (C(OH)–C–C–N with tert-alkyl or cyclic N) is 1. The Balaban J connectivity index is 1.06. The highest BCUT2D eigenvalue weighted by atomic mass is 32.1. The van der Waals surface area contributed by atoms with Gasteiger partial charge in [-0.3, -0.25) is 9.59 Å². The fraction of sp³-hybridized carbons (Fsp3) is 0.531. The number of benzene rings is 1. The maximum atomic E-state index is 13.2. The molecule has 2 N–H and O–H groups in total. The molecule has 2 saturated heterocycles. The average molecular weight is 640 g/mol. The molecule has 0 radical (unpaired) electrons. The van der Waals surface area contributed by atoms with Crippen molar-refractivity contribution >= 4 is 29.2 Å². The molecule has 1 unspecified atom stereocenters. The van der Waals surface area contributed by atoms with E-state index in [2.05, 4.69) is 39.7 Å². The van der Waals surface area contributed by atoms with Crippen LogP contribution < -0.4 is 10.1 Å². The van der Waals surface area contributed by atoms with E-state index in [1.807, 2.05) is 19.4 Å². The number of aromatic nitrogens is 2. The molecule has 4 heterocycles. The average Bonchev–Trinajstić information content (AvgIpc) is 3.77. The Labute approximate surface area is 266 Å². The largest absolute Gasteiger partial charge is 0.472 e. The Morgan fingerprint density at radius 2 is 1.96 bits per heavy atom. The molecular weight excluding hydrogens is 598 g/mol. The van der Waals surface area contributed by atoms with E-state index < -0.39 is 12.1 Å². The van der Waals surface area contributed by atoms with Crippen molar-refractivity contribution in [3.63, 3.8) is 0 Å². The third-order valence-corrected chi connectivity index (χ3v) is 9.33. The second-order valence-electron chi connectivity index (χ2n) is 11.9. The molecule has 3 amide bonds. The van der Waals surface area contributed by atoms with Crippen molar-refractivity contribution in [2.75, 3.05) is 33.3 Å². The van der Waals surface area contributed by atoms with Gasteiger partial charge in [0.1, 0.15) is 17.9 Å². The fourth-order valence-electron chi connectivity index (χ4n) is 5.92. The number of carbonyl (C=O) groups is 3. The van der Waals surface area contributed by atoms with Gasteiger partial charge in [-0.1, -0.05) is 31.2 Å². The summed E-state index contributed by atoms with van der Waals surface area (Å²) >= 11 is 1.61. The molecule has 1 aromatic carbocycles. The van der Waals surface area contributed by atoms with Gasteiger partial charge in [0.15, 0.2) is 0 Å². The van der Waals surface area contributed by atoms with Crippen LogP contribution in [-0.2, 0) is 27.2 Å². The molecule has 2 aliphatic rings. The molecule has 45 heavy (non-hydrogen) atoms. The quantitative estimate of drug-likeness (QED) is 0.321. The Morgan fingerprint density at radius 3 is 2.64 bits per heavy atom. The van der Waals surface area contributed by atoms with E-state index in [0.717, 1.165) is 21.7 Å². The maximum Gasteiger partial charge on any atom is 0.409 e. The summed E-state index contributed by atoms with van der Waals surface area (Å²) in [6.45, 7) is 5.60.